The van der Waals surface area contributed by atoms with Crippen molar-refractivity contribution in [3.8, 4) is 0 Å². The van der Waals surface area contributed by atoms with Crippen molar-refractivity contribution in [3.63, 3.8) is 0 Å². The van der Waals surface area contributed by atoms with Crippen LogP contribution in [0.25, 0.3) is 0 Å². The van der Waals surface area contributed by atoms with Crippen molar-refractivity contribution < 1.29 is 4.79 Å². The average Bonchev–Trinajstić information content (AvgIpc) is 2.45. The maximum atomic E-state index is 12.0. The molecular weight excluding hydrogens is 252 g/mol. The van der Waals surface area contributed by atoms with Crippen molar-refractivity contribution >= 4 is 11.7 Å². The summed E-state index contributed by atoms with van der Waals surface area (Å²) < 4.78 is 0. The van der Waals surface area contributed by atoms with E-state index in [1.165, 1.54) is 25.5 Å². The largest absolute Gasteiger partial charge is 0.372 e. The summed E-state index contributed by atoms with van der Waals surface area (Å²) in [5, 5.41) is 5.81. The van der Waals surface area contributed by atoms with Gasteiger partial charge in [0.2, 0.25) is 0 Å². The molecule has 0 radical (unpaired) electrons. The summed E-state index contributed by atoms with van der Waals surface area (Å²) >= 11 is 0. The van der Waals surface area contributed by atoms with Crippen LogP contribution in [-0.2, 0) is 0 Å². The van der Waals surface area contributed by atoms with E-state index in [1.807, 2.05) is 0 Å². The number of nitrogens with one attached hydrogen (secondary N) is 2. The minimum Gasteiger partial charge on any atom is -0.372 e. The lowest BCUT2D eigenvalue weighted by atomic mass is 9.87. The molecule has 1 aromatic heterocycles. The van der Waals surface area contributed by atoms with Crippen LogP contribution < -0.4 is 10.6 Å². The van der Waals surface area contributed by atoms with Crippen LogP contribution in [0.4, 0.5) is 5.82 Å². The molecular formula is C15H26N4O. The minimum atomic E-state index is -0.163. The van der Waals surface area contributed by atoms with E-state index >= 15 is 0 Å². The number of rotatable bonds is 8. The molecule has 0 saturated carbocycles. The highest BCUT2D eigenvalue weighted by molar-refractivity contribution is 5.92. The Kier molecular flexibility index (Phi) is 6.42. The first-order valence-electron chi connectivity index (χ1n) is 7.26. The number of aromatic nitrogens is 2. The topological polar surface area (TPSA) is 66.9 Å². The van der Waals surface area contributed by atoms with E-state index in [1.54, 1.807) is 13.2 Å². The quantitative estimate of drug-likeness (QED) is 0.718. The van der Waals surface area contributed by atoms with Gasteiger partial charge in [-0.25, -0.2) is 9.97 Å². The minimum absolute atomic E-state index is 0.114. The van der Waals surface area contributed by atoms with Gasteiger partial charge in [-0.2, -0.15) is 0 Å². The van der Waals surface area contributed by atoms with Crippen molar-refractivity contribution in [2.45, 2.75) is 46.5 Å². The van der Waals surface area contributed by atoms with Crippen LogP contribution in [0, 0.1) is 5.41 Å². The SMILES string of the molecule is CCCCCC(C)(C)CNC(=O)c1cnc(NC)cn1. The van der Waals surface area contributed by atoms with Gasteiger partial charge in [0.05, 0.1) is 12.4 Å². The van der Waals surface area contributed by atoms with E-state index in [0.717, 1.165) is 6.42 Å². The molecule has 1 amide bonds. The van der Waals surface area contributed by atoms with Gasteiger partial charge in [-0.05, 0) is 11.8 Å². The number of amides is 1. The van der Waals surface area contributed by atoms with Gasteiger partial charge in [-0.3, -0.25) is 4.79 Å². The van der Waals surface area contributed by atoms with Gasteiger partial charge in [0.15, 0.2) is 0 Å². The Labute approximate surface area is 121 Å². The number of unbranched alkanes of at least 4 members (excludes halogenated alkanes) is 2. The Morgan fingerprint density at radius 3 is 2.55 bits per heavy atom. The number of anilines is 1. The molecule has 0 bridgehead atoms. The van der Waals surface area contributed by atoms with Gasteiger partial charge >= 0.3 is 0 Å². The predicted octanol–water partition coefficient (Wildman–Crippen LogP) is 2.85. The standard InChI is InChI=1S/C15H26N4O/c1-5-6-7-8-15(2,3)11-19-14(20)12-9-18-13(16-4)10-17-12/h9-10H,5-8,11H2,1-4H3,(H,16,18)(H,19,20). The molecule has 5 heteroatoms. The van der Waals surface area contributed by atoms with Crippen LogP contribution in [0.15, 0.2) is 12.4 Å². The molecule has 0 aliphatic carbocycles. The fourth-order valence-electron chi connectivity index (χ4n) is 1.93. The monoisotopic (exact) mass is 278 g/mol. The van der Waals surface area contributed by atoms with Crippen LogP contribution >= 0.6 is 0 Å². The average molecular weight is 278 g/mol. The number of hydrogen-bond donors (Lipinski definition) is 2. The van der Waals surface area contributed by atoms with Crippen molar-refractivity contribution in [1.29, 1.82) is 0 Å². The highest BCUT2D eigenvalue weighted by atomic mass is 16.1. The Hall–Kier alpha value is -1.65. The molecule has 0 spiro atoms. The summed E-state index contributed by atoms with van der Waals surface area (Å²) in [7, 11) is 1.77. The van der Waals surface area contributed by atoms with E-state index in [9.17, 15) is 4.79 Å². The van der Waals surface area contributed by atoms with E-state index in [2.05, 4.69) is 41.4 Å². The van der Waals surface area contributed by atoms with Gasteiger partial charge in [0.25, 0.3) is 5.91 Å². The molecule has 112 valence electrons. The molecule has 1 aromatic rings. The van der Waals surface area contributed by atoms with Gasteiger partial charge in [-0.1, -0.05) is 40.0 Å². The zero-order chi connectivity index (χ0) is 15.0. The molecule has 0 aliphatic rings. The third kappa shape index (κ3) is 5.55. The van der Waals surface area contributed by atoms with Gasteiger partial charge in [0, 0.05) is 13.6 Å². The molecule has 0 atom stereocenters. The molecule has 1 heterocycles. The van der Waals surface area contributed by atoms with E-state index < -0.39 is 0 Å². The number of carbonyl (C=O) groups is 1. The molecule has 0 aliphatic heterocycles. The zero-order valence-corrected chi connectivity index (χ0v) is 13.0. The van der Waals surface area contributed by atoms with Crippen LogP contribution in [-0.4, -0.2) is 29.5 Å². The normalized spacial score (nSPS) is 11.2. The number of hydrogen-bond acceptors (Lipinski definition) is 4. The molecule has 0 aromatic carbocycles. The van der Waals surface area contributed by atoms with Crippen LogP contribution in [0.5, 0.6) is 0 Å². The van der Waals surface area contributed by atoms with Crippen molar-refractivity contribution in [2.24, 2.45) is 5.41 Å². The second kappa shape index (κ2) is 7.82. The molecule has 0 fully saturated rings. The lowest BCUT2D eigenvalue weighted by Gasteiger charge is -2.24. The first kappa shape index (κ1) is 16.4. The molecule has 0 saturated heterocycles. The van der Waals surface area contributed by atoms with Crippen LogP contribution in [0.3, 0.4) is 0 Å². The van der Waals surface area contributed by atoms with E-state index in [0.29, 0.717) is 18.1 Å². The summed E-state index contributed by atoms with van der Waals surface area (Å²) in [5.41, 5.74) is 0.469. The Morgan fingerprint density at radius 2 is 2.00 bits per heavy atom. The smallest absolute Gasteiger partial charge is 0.271 e. The Balaban J connectivity index is 2.45. The second-order valence-electron chi connectivity index (χ2n) is 5.84. The Morgan fingerprint density at radius 1 is 1.25 bits per heavy atom. The van der Waals surface area contributed by atoms with Gasteiger partial charge in [0.1, 0.15) is 11.5 Å². The van der Waals surface area contributed by atoms with Crippen LogP contribution in [0.2, 0.25) is 0 Å². The van der Waals surface area contributed by atoms with E-state index in [-0.39, 0.29) is 11.3 Å². The van der Waals surface area contributed by atoms with Crippen molar-refractivity contribution in [2.75, 3.05) is 18.9 Å². The van der Waals surface area contributed by atoms with Crippen molar-refractivity contribution in [1.82, 2.24) is 15.3 Å². The Bertz CT molecular complexity index is 414. The lowest BCUT2D eigenvalue weighted by molar-refractivity contribution is 0.0928. The first-order valence-corrected chi connectivity index (χ1v) is 7.26. The highest BCUT2D eigenvalue weighted by Gasteiger charge is 2.19. The van der Waals surface area contributed by atoms with Gasteiger partial charge < -0.3 is 10.6 Å². The number of nitrogens with zero attached hydrogens (tertiary/aromatic N) is 2. The molecule has 20 heavy (non-hydrogen) atoms. The fraction of sp³-hybridized carbons (Fsp3) is 0.667. The zero-order valence-electron chi connectivity index (χ0n) is 13.0. The summed E-state index contributed by atoms with van der Waals surface area (Å²) in [6.45, 7) is 7.21. The summed E-state index contributed by atoms with van der Waals surface area (Å²) in [6, 6.07) is 0. The maximum Gasteiger partial charge on any atom is 0.271 e. The second-order valence-corrected chi connectivity index (χ2v) is 5.84. The third-order valence-electron chi connectivity index (χ3n) is 3.33. The van der Waals surface area contributed by atoms with Gasteiger partial charge in [-0.15, -0.1) is 0 Å². The summed E-state index contributed by atoms with van der Waals surface area (Å²) in [4.78, 5) is 20.2. The summed E-state index contributed by atoms with van der Waals surface area (Å²) in [6.07, 6.45) is 7.83. The molecule has 0 unspecified atom stereocenters. The van der Waals surface area contributed by atoms with Crippen molar-refractivity contribution in [3.05, 3.63) is 18.1 Å². The highest BCUT2D eigenvalue weighted by Crippen LogP contribution is 2.22. The lowest BCUT2D eigenvalue weighted by Crippen LogP contribution is -2.34. The predicted molar refractivity (Wildman–Crippen MR) is 81.8 cm³/mol. The van der Waals surface area contributed by atoms with Crippen LogP contribution in [0.1, 0.15) is 56.9 Å². The third-order valence-corrected chi connectivity index (χ3v) is 3.33. The number of carbonyl (C=O) groups excluding carboxylic acids is 1. The molecule has 2 N–H and O–H groups in total. The molecule has 5 nitrogen and oxygen atoms in total. The first-order chi connectivity index (χ1) is 9.48. The fourth-order valence-corrected chi connectivity index (χ4v) is 1.93. The summed E-state index contributed by atoms with van der Waals surface area (Å²) in [5.74, 6) is 0.491. The molecule has 1 rings (SSSR count). The maximum absolute atomic E-state index is 12.0. The van der Waals surface area contributed by atoms with E-state index in [4.69, 9.17) is 0 Å².